The van der Waals surface area contributed by atoms with Gasteiger partial charge >= 0.3 is 0 Å². The minimum absolute atomic E-state index is 0.105. The highest BCUT2D eigenvalue weighted by Crippen LogP contribution is 2.19. The van der Waals surface area contributed by atoms with Gasteiger partial charge in [-0.05, 0) is 58.7 Å². The number of halogens is 2. The minimum atomic E-state index is -0.643. The minimum Gasteiger partial charge on any atom is -0.356 e. The first kappa shape index (κ1) is 20.3. The fourth-order valence-electron chi connectivity index (χ4n) is 2.48. The molecule has 2 aromatic carbocycles. The van der Waals surface area contributed by atoms with E-state index >= 15 is 0 Å². The number of aromatic amines is 1. The second-order valence-electron chi connectivity index (χ2n) is 6.10. The fourth-order valence-corrected chi connectivity index (χ4v) is 2.83. The lowest BCUT2D eigenvalue weighted by molar-refractivity contribution is 0.0844. The standard InChI is InChI=1S/C20H16BrFN4O3/c1-11-6-7-12(18(27)25-26-20(29)17-9-13(21)10-23-17)8-16(11)24-19(28)14-4-2-3-5-15(14)22/h2-10,23H,1H3,(H,24,28)(H,25,27)(H,26,29). The van der Waals surface area contributed by atoms with Crippen molar-refractivity contribution in [1.82, 2.24) is 15.8 Å². The number of H-pyrrole nitrogens is 1. The zero-order valence-electron chi connectivity index (χ0n) is 15.2. The smallest absolute Gasteiger partial charge is 0.286 e. The Morgan fingerprint density at radius 2 is 1.69 bits per heavy atom. The van der Waals surface area contributed by atoms with Crippen LogP contribution in [0.15, 0.2) is 59.2 Å². The molecule has 1 heterocycles. The third kappa shape index (κ3) is 4.88. The van der Waals surface area contributed by atoms with Crippen molar-refractivity contribution >= 4 is 39.3 Å². The second-order valence-corrected chi connectivity index (χ2v) is 7.02. The predicted octanol–water partition coefficient (Wildman–Crippen LogP) is 3.55. The third-order valence-corrected chi connectivity index (χ3v) is 4.51. The van der Waals surface area contributed by atoms with Crippen LogP contribution in [0, 0.1) is 12.7 Å². The molecule has 3 amide bonds. The molecule has 0 aliphatic carbocycles. The van der Waals surface area contributed by atoms with Crippen LogP contribution in [0.3, 0.4) is 0 Å². The second kappa shape index (κ2) is 8.70. The van der Waals surface area contributed by atoms with E-state index in [-0.39, 0.29) is 16.8 Å². The van der Waals surface area contributed by atoms with Gasteiger partial charge in [0.15, 0.2) is 0 Å². The van der Waals surface area contributed by atoms with Gasteiger partial charge in [-0.15, -0.1) is 0 Å². The number of rotatable bonds is 4. The van der Waals surface area contributed by atoms with Crippen LogP contribution in [-0.2, 0) is 0 Å². The van der Waals surface area contributed by atoms with Crippen molar-refractivity contribution in [3.05, 3.63) is 87.4 Å². The summed E-state index contributed by atoms with van der Waals surface area (Å²) in [4.78, 5) is 39.4. The SMILES string of the molecule is Cc1ccc(C(=O)NNC(=O)c2cc(Br)c[nH]2)cc1NC(=O)c1ccccc1F. The maximum absolute atomic E-state index is 13.8. The average Bonchev–Trinajstić information content (AvgIpc) is 3.14. The van der Waals surface area contributed by atoms with Crippen LogP contribution in [0.2, 0.25) is 0 Å². The number of hydrogen-bond acceptors (Lipinski definition) is 3. The van der Waals surface area contributed by atoms with E-state index in [4.69, 9.17) is 0 Å². The van der Waals surface area contributed by atoms with E-state index < -0.39 is 23.5 Å². The Morgan fingerprint density at radius 3 is 2.38 bits per heavy atom. The molecule has 148 valence electrons. The van der Waals surface area contributed by atoms with E-state index in [1.165, 1.54) is 24.3 Å². The average molecular weight is 459 g/mol. The number of benzene rings is 2. The number of aryl methyl sites for hydroxylation is 1. The molecule has 9 heteroatoms. The topological polar surface area (TPSA) is 103 Å². The van der Waals surface area contributed by atoms with Crippen LogP contribution in [0.5, 0.6) is 0 Å². The largest absolute Gasteiger partial charge is 0.356 e. The molecule has 29 heavy (non-hydrogen) atoms. The maximum Gasteiger partial charge on any atom is 0.286 e. The van der Waals surface area contributed by atoms with E-state index in [1.54, 1.807) is 37.4 Å². The van der Waals surface area contributed by atoms with E-state index in [0.717, 1.165) is 0 Å². The first-order valence-corrected chi connectivity index (χ1v) is 9.25. The maximum atomic E-state index is 13.8. The third-order valence-electron chi connectivity index (χ3n) is 4.05. The van der Waals surface area contributed by atoms with Gasteiger partial charge < -0.3 is 10.3 Å². The number of hydrogen-bond donors (Lipinski definition) is 4. The molecule has 0 bridgehead atoms. The Kier molecular flexibility index (Phi) is 6.08. The number of aromatic nitrogens is 1. The molecule has 0 atom stereocenters. The van der Waals surface area contributed by atoms with Crippen molar-refractivity contribution in [2.24, 2.45) is 0 Å². The molecule has 0 aliphatic rings. The van der Waals surface area contributed by atoms with Crippen molar-refractivity contribution in [2.45, 2.75) is 6.92 Å². The van der Waals surface area contributed by atoms with Crippen LogP contribution < -0.4 is 16.2 Å². The normalized spacial score (nSPS) is 10.3. The van der Waals surface area contributed by atoms with Crippen LogP contribution >= 0.6 is 15.9 Å². The van der Waals surface area contributed by atoms with Gasteiger partial charge in [0.25, 0.3) is 17.7 Å². The Labute approximate surface area is 173 Å². The van der Waals surface area contributed by atoms with E-state index in [9.17, 15) is 18.8 Å². The lowest BCUT2D eigenvalue weighted by atomic mass is 10.1. The van der Waals surface area contributed by atoms with Gasteiger partial charge in [-0.3, -0.25) is 25.2 Å². The Morgan fingerprint density at radius 1 is 0.966 bits per heavy atom. The van der Waals surface area contributed by atoms with Gasteiger partial charge in [0.2, 0.25) is 0 Å². The molecular weight excluding hydrogens is 443 g/mol. The highest BCUT2D eigenvalue weighted by molar-refractivity contribution is 9.10. The van der Waals surface area contributed by atoms with Crippen LogP contribution in [0.1, 0.15) is 36.8 Å². The highest BCUT2D eigenvalue weighted by atomic mass is 79.9. The van der Waals surface area contributed by atoms with Gasteiger partial charge in [-0.1, -0.05) is 18.2 Å². The predicted molar refractivity (Wildman–Crippen MR) is 109 cm³/mol. The number of nitrogens with one attached hydrogen (secondary N) is 4. The molecule has 0 radical (unpaired) electrons. The first-order valence-electron chi connectivity index (χ1n) is 8.46. The van der Waals surface area contributed by atoms with Crippen molar-refractivity contribution in [3.8, 4) is 0 Å². The molecular formula is C20H16BrFN4O3. The molecule has 3 rings (SSSR count). The summed E-state index contributed by atoms with van der Waals surface area (Å²) < 4.78 is 14.5. The quantitative estimate of drug-likeness (QED) is 0.449. The molecule has 7 nitrogen and oxygen atoms in total. The van der Waals surface area contributed by atoms with Gasteiger partial charge in [-0.2, -0.15) is 0 Å². The summed E-state index contributed by atoms with van der Waals surface area (Å²) in [7, 11) is 0. The summed E-state index contributed by atoms with van der Waals surface area (Å²) in [5.41, 5.74) is 5.99. The summed E-state index contributed by atoms with van der Waals surface area (Å²) >= 11 is 3.22. The number of amides is 3. The molecule has 0 saturated heterocycles. The molecule has 0 fully saturated rings. The highest BCUT2D eigenvalue weighted by Gasteiger charge is 2.15. The Balaban J connectivity index is 1.69. The number of hydrazine groups is 1. The van der Waals surface area contributed by atoms with Crippen molar-refractivity contribution in [2.75, 3.05) is 5.32 Å². The van der Waals surface area contributed by atoms with Gasteiger partial charge in [0.05, 0.1) is 5.56 Å². The molecule has 3 aromatic rings. The zero-order chi connectivity index (χ0) is 21.0. The number of carbonyl (C=O) groups excluding carboxylic acids is 3. The van der Waals surface area contributed by atoms with Crippen molar-refractivity contribution < 1.29 is 18.8 Å². The molecule has 0 saturated carbocycles. The van der Waals surface area contributed by atoms with Crippen molar-refractivity contribution in [1.29, 1.82) is 0 Å². The van der Waals surface area contributed by atoms with Gasteiger partial charge in [0.1, 0.15) is 11.5 Å². The van der Waals surface area contributed by atoms with Crippen LogP contribution in [0.4, 0.5) is 10.1 Å². The van der Waals surface area contributed by atoms with E-state index in [2.05, 4.69) is 37.1 Å². The zero-order valence-corrected chi connectivity index (χ0v) is 16.8. The lowest BCUT2D eigenvalue weighted by Crippen LogP contribution is -2.41. The Bertz CT molecular complexity index is 1100. The molecule has 0 spiro atoms. The first-order chi connectivity index (χ1) is 13.8. The fraction of sp³-hybridized carbons (Fsp3) is 0.0500. The van der Waals surface area contributed by atoms with Crippen LogP contribution in [-0.4, -0.2) is 22.7 Å². The summed E-state index contributed by atoms with van der Waals surface area (Å²) in [6, 6.07) is 11.8. The van der Waals surface area contributed by atoms with Gasteiger partial charge in [0, 0.05) is 21.9 Å². The van der Waals surface area contributed by atoms with E-state index in [0.29, 0.717) is 15.7 Å². The van der Waals surface area contributed by atoms with Crippen LogP contribution in [0.25, 0.3) is 0 Å². The van der Waals surface area contributed by atoms with Crippen molar-refractivity contribution in [3.63, 3.8) is 0 Å². The lowest BCUT2D eigenvalue weighted by Gasteiger charge is -2.12. The summed E-state index contributed by atoms with van der Waals surface area (Å²) in [6.07, 6.45) is 1.58. The van der Waals surface area contributed by atoms with E-state index in [1.807, 2.05) is 0 Å². The summed E-state index contributed by atoms with van der Waals surface area (Å²) in [5.74, 6) is -2.38. The number of anilines is 1. The summed E-state index contributed by atoms with van der Waals surface area (Å²) in [5, 5.41) is 2.60. The molecule has 1 aromatic heterocycles. The number of carbonyl (C=O) groups is 3. The summed E-state index contributed by atoms with van der Waals surface area (Å²) in [6.45, 7) is 1.74. The monoisotopic (exact) mass is 458 g/mol. The molecule has 4 N–H and O–H groups in total. The van der Waals surface area contributed by atoms with Gasteiger partial charge in [-0.25, -0.2) is 4.39 Å². The molecule has 0 aliphatic heterocycles. The Hall–Kier alpha value is -3.46. The molecule has 0 unspecified atom stereocenters.